The van der Waals surface area contributed by atoms with E-state index in [1.54, 1.807) is 6.07 Å². The second kappa shape index (κ2) is 5.20. The van der Waals surface area contributed by atoms with Crippen LogP contribution in [0.15, 0.2) is 28.9 Å². The average molecular weight is 334 g/mol. The van der Waals surface area contributed by atoms with Gasteiger partial charge in [-0.25, -0.2) is 13.8 Å². The van der Waals surface area contributed by atoms with Crippen molar-refractivity contribution in [2.45, 2.75) is 6.42 Å². The maximum atomic E-state index is 13.8. The number of halogens is 4. The van der Waals surface area contributed by atoms with Gasteiger partial charge in [-0.3, -0.25) is 0 Å². The van der Waals surface area contributed by atoms with E-state index in [9.17, 15) is 8.78 Å². The number of anilines is 1. The van der Waals surface area contributed by atoms with E-state index in [0.29, 0.717) is 10.6 Å². The number of rotatable bonds is 2. The van der Waals surface area contributed by atoms with Crippen molar-refractivity contribution in [2.75, 3.05) is 5.73 Å². The molecule has 0 fully saturated rings. The molecule has 0 saturated carbocycles. The molecule has 0 aliphatic carbocycles. The van der Waals surface area contributed by atoms with Crippen LogP contribution in [0.25, 0.3) is 0 Å². The Bertz CT molecular complexity index is 605. The van der Waals surface area contributed by atoms with Crippen molar-refractivity contribution in [3.05, 3.63) is 56.7 Å². The molecule has 1 aromatic carbocycles. The van der Waals surface area contributed by atoms with Gasteiger partial charge in [0.2, 0.25) is 0 Å². The average Bonchev–Trinajstić information content (AvgIpc) is 2.34. The summed E-state index contributed by atoms with van der Waals surface area (Å²) in [5, 5.41) is 0.370. The zero-order valence-corrected chi connectivity index (χ0v) is 11.4. The second-order valence-corrected chi connectivity index (χ2v) is 4.99. The van der Waals surface area contributed by atoms with Gasteiger partial charge in [0.1, 0.15) is 17.5 Å². The van der Waals surface area contributed by atoms with Crippen LogP contribution in [0.4, 0.5) is 14.6 Å². The molecule has 1 aromatic heterocycles. The summed E-state index contributed by atoms with van der Waals surface area (Å²) in [6.07, 6.45) is 1.38. The van der Waals surface area contributed by atoms with Gasteiger partial charge in [0.25, 0.3) is 0 Å². The Morgan fingerprint density at radius 1 is 1.33 bits per heavy atom. The standard InChI is InChI=1S/C12H8BrClF2N2/c13-9-1-2-10(15)8(11(9)16)4-6-3-7(14)5-18-12(6)17/h1-3,5H,4H2,(H2,17,18). The topological polar surface area (TPSA) is 38.9 Å². The lowest BCUT2D eigenvalue weighted by molar-refractivity contribution is 0.557. The molecule has 94 valence electrons. The maximum Gasteiger partial charge on any atom is 0.143 e. The summed E-state index contributed by atoms with van der Waals surface area (Å²) in [4.78, 5) is 3.85. The molecule has 2 N–H and O–H groups in total. The number of nitrogens with zero attached hydrogens (tertiary/aromatic N) is 1. The number of nitrogen functional groups attached to an aromatic ring is 1. The smallest absolute Gasteiger partial charge is 0.143 e. The van der Waals surface area contributed by atoms with Gasteiger partial charge < -0.3 is 5.73 Å². The van der Waals surface area contributed by atoms with E-state index >= 15 is 0 Å². The first-order chi connectivity index (χ1) is 8.49. The maximum absolute atomic E-state index is 13.8. The van der Waals surface area contributed by atoms with Crippen LogP contribution in [0.1, 0.15) is 11.1 Å². The van der Waals surface area contributed by atoms with E-state index in [0.717, 1.165) is 0 Å². The first kappa shape index (κ1) is 13.2. The van der Waals surface area contributed by atoms with Crippen LogP contribution in [0.2, 0.25) is 5.02 Å². The monoisotopic (exact) mass is 332 g/mol. The van der Waals surface area contributed by atoms with Gasteiger partial charge in [-0.05, 0) is 34.1 Å². The van der Waals surface area contributed by atoms with Crippen LogP contribution >= 0.6 is 27.5 Å². The van der Waals surface area contributed by atoms with Crippen molar-refractivity contribution < 1.29 is 8.78 Å². The predicted molar refractivity (Wildman–Crippen MR) is 70.5 cm³/mol. The molecule has 0 aliphatic rings. The Balaban J connectivity index is 2.46. The highest BCUT2D eigenvalue weighted by Gasteiger charge is 2.14. The zero-order chi connectivity index (χ0) is 13.3. The molecule has 0 unspecified atom stereocenters. The van der Waals surface area contributed by atoms with Crippen molar-refractivity contribution in [1.82, 2.24) is 4.98 Å². The van der Waals surface area contributed by atoms with Crippen molar-refractivity contribution in [3.63, 3.8) is 0 Å². The Morgan fingerprint density at radius 2 is 2.06 bits per heavy atom. The van der Waals surface area contributed by atoms with E-state index in [4.69, 9.17) is 17.3 Å². The molecule has 1 heterocycles. The van der Waals surface area contributed by atoms with Crippen molar-refractivity contribution in [2.24, 2.45) is 0 Å². The lowest BCUT2D eigenvalue weighted by atomic mass is 10.0. The van der Waals surface area contributed by atoms with E-state index in [1.165, 1.54) is 18.3 Å². The van der Waals surface area contributed by atoms with E-state index in [2.05, 4.69) is 20.9 Å². The van der Waals surface area contributed by atoms with Crippen LogP contribution < -0.4 is 5.73 Å². The summed E-state index contributed by atoms with van der Waals surface area (Å²) in [5.74, 6) is -1.07. The minimum absolute atomic E-state index is 0.00347. The lowest BCUT2D eigenvalue weighted by Crippen LogP contribution is -2.03. The fraction of sp³-hybridized carbons (Fsp3) is 0.0833. The summed E-state index contributed by atoms with van der Waals surface area (Å²) < 4.78 is 27.6. The first-order valence-corrected chi connectivity index (χ1v) is 6.18. The molecule has 0 saturated heterocycles. The molecule has 2 rings (SSSR count). The summed E-state index contributed by atoms with van der Waals surface area (Å²) in [7, 11) is 0. The SMILES string of the molecule is Nc1ncc(Cl)cc1Cc1c(F)ccc(Br)c1F. The second-order valence-electron chi connectivity index (χ2n) is 3.70. The normalized spacial score (nSPS) is 10.7. The summed E-state index contributed by atoms with van der Waals surface area (Å²) in [5.41, 5.74) is 6.06. The molecule has 0 bridgehead atoms. The van der Waals surface area contributed by atoms with Crippen molar-refractivity contribution in [3.8, 4) is 0 Å². The molecule has 0 radical (unpaired) electrons. The van der Waals surface area contributed by atoms with Gasteiger partial charge in [0.05, 0.1) is 9.50 Å². The molecule has 0 amide bonds. The van der Waals surface area contributed by atoms with Gasteiger partial charge in [-0.1, -0.05) is 11.6 Å². The minimum Gasteiger partial charge on any atom is -0.383 e. The largest absolute Gasteiger partial charge is 0.383 e. The fourth-order valence-corrected chi connectivity index (χ4v) is 2.11. The molecule has 18 heavy (non-hydrogen) atoms. The van der Waals surface area contributed by atoms with Crippen LogP contribution in [-0.2, 0) is 6.42 Å². The third-order valence-electron chi connectivity index (χ3n) is 2.47. The number of hydrogen-bond acceptors (Lipinski definition) is 2. The highest BCUT2D eigenvalue weighted by atomic mass is 79.9. The summed E-state index contributed by atoms with van der Waals surface area (Å²) in [6, 6.07) is 4.05. The summed E-state index contributed by atoms with van der Waals surface area (Å²) >= 11 is 8.79. The Kier molecular flexibility index (Phi) is 3.82. The zero-order valence-electron chi connectivity index (χ0n) is 9.05. The van der Waals surface area contributed by atoms with Gasteiger partial charge in [0, 0.05) is 23.7 Å². The number of benzene rings is 1. The first-order valence-electron chi connectivity index (χ1n) is 5.01. The van der Waals surface area contributed by atoms with Gasteiger partial charge in [0.15, 0.2) is 0 Å². The molecular weight excluding hydrogens is 325 g/mol. The Morgan fingerprint density at radius 3 is 2.78 bits per heavy atom. The van der Waals surface area contributed by atoms with Crippen LogP contribution in [0, 0.1) is 11.6 Å². The Hall–Kier alpha value is -1.20. The van der Waals surface area contributed by atoms with Gasteiger partial charge in [-0.2, -0.15) is 0 Å². The summed E-state index contributed by atoms with van der Waals surface area (Å²) in [6.45, 7) is 0. The number of aromatic nitrogens is 1. The van der Waals surface area contributed by atoms with E-state index in [-0.39, 0.29) is 22.3 Å². The Labute approximate surface area is 116 Å². The predicted octanol–water partition coefficient (Wildman–Crippen LogP) is 3.95. The van der Waals surface area contributed by atoms with Crippen molar-refractivity contribution >= 4 is 33.3 Å². The van der Waals surface area contributed by atoms with Crippen molar-refractivity contribution in [1.29, 1.82) is 0 Å². The highest BCUT2D eigenvalue weighted by molar-refractivity contribution is 9.10. The van der Waals surface area contributed by atoms with Gasteiger partial charge >= 0.3 is 0 Å². The molecule has 2 nitrogen and oxygen atoms in total. The molecule has 2 aromatic rings. The molecule has 0 atom stereocenters. The molecular formula is C12H8BrClF2N2. The molecule has 6 heteroatoms. The molecule has 0 aliphatic heterocycles. The van der Waals surface area contributed by atoms with Crippen LogP contribution in [0.5, 0.6) is 0 Å². The van der Waals surface area contributed by atoms with Gasteiger partial charge in [-0.15, -0.1) is 0 Å². The van der Waals surface area contributed by atoms with E-state index in [1.807, 2.05) is 0 Å². The van der Waals surface area contributed by atoms with E-state index < -0.39 is 11.6 Å². The third-order valence-corrected chi connectivity index (χ3v) is 3.29. The molecule has 0 spiro atoms. The third kappa shape index (κ3) is 2.62. The fourth-order valence-electron chi connectivity index (χ4n) is 1.55. The number of pyridine rings is 1. The minimum atomic E-state index is -0.644. The number of nitrogens with two attached hydrogens (primary N) is 1. The highest BCUT2D eigenvalue weighted by Crippen LogP contribution is 2.26. The van der Waals surface area contributed by atoms with Crippen LogP contribution in [0.3, 0.4) is 0 Å². The quantitative estimate of drug-likeness (QED) is 0.845. The number of hydrogen-bond donors (Lipinski definition) is 1. The lowest BCUT2D eigenvalue weighted by Gasteiger charge is -2.08. The van der Waals surface area contributed by atoms with Crippen LogP contribution in [-0.4, -0.2) is 4.98 Å².